The molecule has 3 aromatic rings. The first-order valence-corrected chi connectivity index (χ1v) is 9.82. The average Bonchev–Trinajstić information content (AvgIpc) is 3.05. The van der Waals surface area contributed by atoms with Crippen LogP contribution >= 0.6 is 0 Å². The Hall–Kier alpha value is -3.78. The fourth-order valence-corrected chi connectivity index (χ4v) is 3.39. The van der Waals surface area contributed by atoms with E-state index >= 15 is 0 Å². The number of ether oxygens (including phenoxy) is 1. The number of anilines is 1. The molecular weight excluding hydrogens is 374 g/mol. The summed E-state index contributed by atoms with van der Waals surface area (Å²) in [6.45, 7) is 6.13. The van der Waals surface area contributed by atoms with Crippen LogP contribution in [0.1, 0.15) is 29.4 Å². The van der Waals surface area contributed by atoms with Crippen LogP contribution in [0.5, 0.6) is 5.75 Å². The Bertz CT molecular complexity index is 1110. The number of nitrogens with zero attached hydrogens (tertiary/aromatic N) is 2. The number of amides is 1. The van der Waals surface area contributed by atoms with E-state index in [4.69, 9.17) is 4.74 Å². The summed E-state index contributed by atoms with van der Waals surface area (Å²) in [5.41, 5.74) is 5.84. The smallest absolute Gasteiger partial charge is 0.266 e. The number of carbonyl (C=O) groups is 1. The zero-order valence-corrected chi connectivity index (χ0v) is 17.7. The first-order chi connectivity index (χ1) is 14.5. The van der Waals surface area contributed by atoms with Gasteiger partial charge in [-0.05, 0) is 79.9 Å². The second-order valence-electron chi connectivity index (χ2n) is 7.03. The third-order valence-corrected chi connectivity index (χ3v) is 5.09. The maximum absolute atomic E-state index is 12.6. The zero-order valence-electron chi connectivity index (χ0n) is 17.7. The van der Waals surface area contributed by atoms with E-state index in [0.29, 0.717) is 11.4 Å². The molecule has 5 nitrogen and oxygen atoms in total. The number of rotatable bonds is 6. The summed E-state index contributed by atoms with van der Waals surface area (Å²) in [5.74, 6) is 0.253. The minimum absolute atomic E-state index is 0.0485. The molecule has 1 amide bonds. The van der Waals surface area contributed by atoms with E-state index < -0.39 is 5.91 Å². The van der Waals surface area contributed by atoms with Gasteiger partial charge >= 0.3 is 0 Å². The Labute approximate surface area is 177 Å². The molecule has 0 spiro atoms. The lowest BCUT2D eigenvalue weighted by Crippen LogP contribution is -2.13. The van der Waals surface area contributed by atoms with Gasteiger partial charge in [-0.3, -0.25) is 4.79 Å². The molecule has 0 atom stereocenters. The molecule has 0 bridgehead atoms. The summed E-state index contributed by atoms with van der Waals surface area (Å²) in [6.07, 6.45) is 2.63. The topological polar surface area (TPSA) is 67.0 Å². The molecule has 0 saturated heterocycles. The first kappa shape index (κ1) is 20.9. The van der Waals surface area contributed by atoms with Crippen molar-refractivity contribution in [3.63, 3.8) is 0 Å². The second-order valence-corrected chi connectivity index (χ2v) is 7.03. The summed E-state index contributed by atoms with van der Waals surface area (Å²) in [6, 6.07) is 19.4. The van der Waals surface area contributed by atoms with Crippen LogP contribution < -0.4 is 10.1 Å². The fraction of sp³-hybridized carbons (Fsp3) is 0.200. The van der Waals surface area contributed by atoms with Crippen molar-refractivity contribution in [3.05, 3.63) is 82.7 Å². The van der Waals surface area contributed by atoms with E-state index in [9.17, 15) is 10.1 Å². The molecule has 30 heavy (non-hydrogen) atoms. The second kappa shape index (κ2) is 9.15. The van der Waals surface area contributed by atoms with Crippen molar-refractivity contribution in [1.82, 2.24) is 4.57 Å². The van der Waals surface area contributed by atoms with Crippen LogP contribution in [-0.2, 0) is 11.2 Å². The van der Waals surface area contributed by atoms with E-state index in [1.165, 1.54) is 5.56 Å². The molecule has 3 rings (SSSR count). The van der Waals surface area contributed by atoms with Gasteiger partial charge in [-0.2, -0.15) is 5.26 Å². The van der Waals surface area contributed by atoms with Gasteiger partial charge in [0, 0.05) is 22.8 Å². The quantitative estimate of drug-likeness (QED) is 0.457. The Morgan fingerprint density at radius 2 is 1.80 bits per heavy atom. The predicted octanol–water partition coefficient (Wildman–Crippen LogP) is 5.21. The van der Waals surface area contributed by atoms with Crippen molar-refractivity contribution in [2.24, 2.45) is 0 Å². The van der Waals surface area contributed by atoms with E-state index in [0.717, 1.165) is 29.1 Å². The van der Waals surface area contributed by atoms with Gasteiger partial charge in [-0.1, -0.05) is 19.1 Å². The number of aryl methyl sites for hydroxylation is 2. The van der Waals surface area contributed by atoms with Crippen molar-refractivity contribution in [1.29, 1.82) is 5.26 Å². The Morgan fingerprint density at radius 3 is 2.37 bits per heavy atom. The van der Waals surface area contributed by atoms with Gasteiger partial charge in [0.25, 0.3) is 5.91 Å². The highest BCUT2D eigenvalue weighted by molar-refractivity contribution is 6.09. The van der Waals surface area contributed by atoms with E-state index in [1.54, 1.807) is 37.5 Å². The van der Waals surface area contributed by atoms with Gasteiger partial charge in [0.15, 0.2) is 0 Å². The largest absolute Gasteiger partial charge is 0.497 e. The van der Waals surface area contributed by atoms with Gasteiger partial charge < -0.3 is 14.6 Å². The van der Waals surface area contributed by atoms with Gasteiger partial charge in [0.05, 0.1) is 7.11 Å². The highest BCUT2D eigenvalue weighted by Gasteiger charge is 2.14. The van der Waals surface area contributed by atoms with Crippen molar-refractivity contribution >= 4 is 17.7 Å². The van der Waals surface area contributed by atoms with Gasteiger partial charge in [0.1, 0.15) is 17.4 Å². The van der Waals surface area contributed by atoms with Gasteiger partial charge in [0.2, 0.25) is 0 Å². The fourth-order valence-electron chi connectivity index (χ4n) is 3.39. The molecule has 0 aliphatic rings. The summed E-state index contributed by atoms with van der Waals surface area (Å²) in [7, 11) is 1.58. The van der Waals surface area contributed by atoms with Crippen molar-refractivity contribution in [3.8, 4) is 17.5 Å². The number of methoxy groups -OCH3 is 1. The molecule has 1 N–H and O–H groups in total. The molecule has 152 valence electrons. The number of benzene rings is 2. The van der Waals surface area contributed by atoms with Crippen LogP contribution in [0.4, 0.5) is 5.69 Å². The van der Waals surface area contributed by atoms with Crippen molar-refractivity contribution in [2.45, 2.75) is 27.2 Å². The summed E-state index contributed by atoms with van der Waals surface area (Å²) >= 11 is 0. The highest BCUT2D eigenvalue weighted by atomic mass is 16.5. The molecule has 0 radical (unpaired) electrons. The monoisotopic (exact) mass is 399 g/mol. The third-order valence-electron chi connectivity index (χ3n) is 5.09. The highest BCUT2D eigenvalue weighted by Crippen LogP contribution is 2.24. The molecule has 0 aliphatic heterocycles. The number of hydrogen-bond donors (Lipinski definition) is 1. The number of hydrogen-bond acceptors (Lipinski definition) is 3. The van der Waals surface area contributed by atoms with Gasteiger partial charge in [-0.25, -0.2) is 0 Å². The maximum atomic E-state index is 12.6. The lowest BCUT2D eigenvalue weighted by molar-refractivity contribution is -0.112. The SMILES string of the molecule is CCc1ccc(-n2c(C)cc(/C=C(\C#N)C(=O)Nc3ccc(OC)cc3)c2C)cc1. The molecule has 0 saturated carbocycles. The van der Waals surface area contributed by atoms with Crippen LogP contribution in [-0.4, -0.2) is 17.6 Å². The van der Waals surface area contributed by atoms with Crippen LogP contribution in [0.15, 0.2) is 60.2 Å². The molecule has 5 heteroatoms. The van der Waals surface area contributed by atoms with Crippen LogP contribution in [0.2, 0.25) is 0 Å². The van der Waals surface area contributed by atoms with Crippen LogP contribution in [0, 0.1) is 25.2 Å². The summed E-state index contributed by atoms with van der Waals surface area (Å²) in [5, 5.41) is 12.3. The molecule has 1 aromatic heterocycles. The predicted molar refractivity (Wildman–Crippen MR) is 120 cm³/mol. The normalized spacial score (nSPS) is 11.1. The number of nitrogens with one attached hydrogen (secondary N) is 1. The minimum atomic E-state index is -0.445. The maximum Gasteiger partial charge on any atom is 0.266 e. The van der Waals surface area contributed by atoms with Gasteiger partial charge in [-0.15, -0.1) is 0 Å². The zero-order chi connectivity index (χ0) is 21.7. The average molecular weight is 399 g/mol. The van der Waals surface area contributed by atoms with Crippen molar-refractivity contribution in [2.75, 3.05) is 12.4 Å². The lowest BCUT2D eigenvalue weighted by atomic mass is 10.1. The number of carbonyl (C=O) groups excluding carboxylic acids is 1. The van der Waals surface area contributed by atoms with Crippen molar-refractivity contribution < 1.29 is 9.53 Å². The van der Waals surface area contributed by atoms with E-state index in [-0.39, 0.29) is 5.57 Å². The van der Waals surface area contributed by atoms with Crippen LogP contribution in [0.25, 0.3) is 11.8 Å². The molecule has 0 aliphatic carbocycles. The Morgan fingerprint density at radius 1 is 1.13 bits per heavy atom. The molecule has 2 aromatic carbocycles. The molecule has 0 unspecified atom stereocenters. The third kappa shape index (κ3) is 4.44. The summed E-state index contributed by atoms with van der Waals surface area (Å²) in [4.78, 5) is 12.6. The summed E-state index contributed by atoms with van der Waals surface area (Å²) < 4.78 is 7.25. The van der Waals surface area contributed by atoms with Crippen LogP contribution in [0.3, 0.4) is 0 Å². The first-order valence-electron chi connectivity index (χ1n) is 9.82. The Balaban J connectivity index is 1.88. The van der Waals surface area contributed by atoms with E-state index in [2.05, 4.69) is 41.1 Å². The Kier molecular flexibility index (Phi) is 6.38. The van der Waals surface area contributed by atoms with E-state index in [1.807, 2.05) is 26.0 Å². The lowest BCUT2D eigenvalue weighted by Gasteiger charge is -2.10. The number of nitriles is 1. The minimum Gasteiger partial charge on any atom is -0.497 e. The molecule has 0 fully saturated rings. The standard InChI is InChI=1S/C25H25N3O2/c1-5-19-6-10-23(11-7-19)28-17(2)14-20(18(28)3)15-21(16-26)25(29)27-22-8-12-24(30-4)13-9-22/h6-15H,5H2,1-4H3,(H,27,29)/b21-15+. The molecule has 1 heterocycles. The number of aromatic nitrogens is 1. The molecular formula is C25H25N3O2.